The van der Waals surface area contributed by atoms with Crippen LogP contribution >= 0.6 is 11.3 Å². The van der Waals surface area contributed by atoms with Gasteiger partial charge in [-0.1, -0.05) is 6.07 Å². The molecule has 0 unspecified atom stereocenters. The van der Waals surface area contributed by atoms with Crippen LogP contribution in [0.2, 0.25) is 0 Å². The van der Waals surface area contributed by atoms with Gasteiger partial charge in [0.05, 0.1) is 16.6 Å². The fraction of sp³-hybridized carbons (Fsp3) is 0.259. The topological polar surface area (TPSA) is 79.2 Å². The monoisotopic (exact) mass is 569 g/mol. The Kier molecular flexibility index (Phi) is 6.62. The van der Waals surface area contributed by atoms with Gasteiger partial charge in [0.2, 0.25) is 5.91 Å². The van der Waals surface area contributed by atoms with Crippen LogP contribution in [0, 0.1) is 5.82 Å². The lowest BCUT2D eigenvalue weighted by Crippen LogP contribution is -2.57. The number of piperazine rings is 1. The van der Waals surface area contributed by atoms with Gasteiger partial charge < -0.3 is 10.2 Å². The molecule has 1 atom stereocenters. The number of carbonyl (C=O) groups is 1. The van der Waals surface area contributed by atoms with Gasteiger partial charge in [0.15, 0.2) is 5.65 Å². The van der Waals surface area contributed by atoms with Crippen LogP contribution in [0.4, 0.5) is 23.4 Å². The van der Waals surface area contributed by atoms with E-state index in [-0.39, 0.29) is 11.6 Å². The summed E-state index contributed by atoms with van der Waals surface area (Å²) < 4.78 is 55.6. The highest BCUT2D eigenvalue weighted by Crippen LogP contribution is 2.33. The number of nitrogens with one attached hydrogen (secondary N) is 1. The lowest BCUT2D eigenvalue weighted by molar-refractivity contribution is -0.140. The summed E-state index contributed by atoms with van der Waals surface area (Å²) in [6, 6.07) is 10.4. The fourth-order valence-corrected chi connectivity index (χ4v) is 5.64. The highest BCUT2D eigenvalue weighted by Gasteiger charge is 2.34. The van der Waals surface area contributed by atoms with Crippen molar-refractivity contribution in [2.75, 3.05) is 31.6 Å². The van der Waals surface area contributed by atoms with E-state index in [0.29, 0.717) is 49.1 Å². The van der Waals surface area contributed by atoms with Crippen LogP contribution < -0.4 is 10.2 Å². The lowest BCUT2D eigenvalue weighted by atomic mass is 10.1. The van der Waals surface area contributed by atoms with Crippen LogP contribution in [0.1, 0.15) is 11.1 Å². The molecule has 0 bridgehead atoms. The second-order valence-corrected chi connectivity index (χ2v) is 10.6. The summed E-state index contributed by atoms with van der Waals surface area (Å²) in [6.07, 6.45) is -1.89. The molecule has 1 fully saturated rings. The zero-order valence-corrected chi connectivity index (χ0v) is 22.0. The van der Waals surface area contributed by atoms with Gasteiger partial charge in [-0.25, -0.2) is 19.0 Å². The molecule has 6 rings (SSSR count). The zero-order chi connectivity index (χ0) is 28.0. The highest BCUT2D eigenvalue weighted by molar-refractivity contribution is 7.17. The molecule has 40 heavy (non-hydrogen) atoms. The zero-order valence-electron chi connectivity index (χ0n) is 21.2. The van der Waals surface area contributed by atoms with Crippen molar-refractivity contribution in [2.24, 2.45) is 0 Å². The summed E-state index contributed by atoms with van der Waals surface area (Å²) in [6.45, 7) is 1.95. The van der Waals surface area contributed by atoms with Crippen LogP contribution in [0.3, 0.4) is 0 Å². The maximum absolute atomic E-state index is 14.2. The molecule has 0 aliphatic carbocycles. The van der Waals surface area contributed by atoms with Gasteiger partial charge >= 0.3 is 6.18 Å². The molecule has 0 saturated carbocycles. The molecule has 8 nitrogen and oxygen atoms in total. The lowest BCUT2D eigenvalue weighted by Gasteiger charge is -2.39. The summed E-state index contributed by atoms with van der Waals surface area (Å²) >= 11 is 1.67. The first-order chi connectivity index (χ1) is 19.2. The predicted octanol–water partition coefficient (Wildman–Crippen LogP) is 4.62. The third kappa shape index (κ3) is 4.97. The van der Waals surface area contributed by atoms with Gasteiger partial charge in [-0.3, -0.25) is 9.69 Å². The number of anilines is 1. The number of amides is 1. The fourth-order valence-electron chi connectivity index (χ4n) is 4.87. The Morgan fingerprint density at radius 1 is 1.12 bits per heavy atom. The predicted molar refractivity (Wildman–Crippen MR) is 144 cm³/mol. The minimum atomic E-state index is -4.79. The number of carbonyl (C=O) groups excluding carboxylic acids is 1. The SMILES string of the molecule is CN1CCN(c2ncnc3nn(-c4ccc(C(F)(F)F)c(F)c4)cc23)C[C@@H]1C(=O)NCc1ccc2sccc2c1. The Hall–Kier alpha value is -4.10. The Morgan fingerprint density at radius 2 is 1.98 bits per heavy atom. The molecule has 13 heteroatoms. The average molecular weight is 570 g/mol. The molecule has 1 N–H and O–H groups in total. The smallest absolute Gasteiger partial charge is 0.353 e. The second kappa shape index (κ2) is 10.1. The number of halogens is 4. The highest BCUT2D eigenvalue weighted by atomic mass is 32.1. The van der Waals surface area contributed by atoms with Crippen LogP contribution in [-0.4, -0.2) is 63.3 Å². The van der Waals surface area contributed by atoms with E-state index < -0.39 is 23.6 Å². The van der Waals surface area contributed by atoms with Gasteiger partial charge in [0.1, 0.15) is 24.0 Å². The van der Waals surface area contributed by atoms with Gasteiger partial charge in [-0.15, -0.1) is 16.4 Å². The standard InChI is InChI=1S/C27H23F4N7OS/c1-36-7-8-37(14-22(36)26(39)32-12-16-2-5-23-17(10-16)6-9-40-23)25-19-13-38(35-24(19)33-15-34-25)18-3-4-20(21(28)11-18)27(29,30)31/h2-6,9-11,13,15,22H,7-8,12,14H2,1H3,(H,32,39)/t22-/m1/s1. The number of hydrogen-bond donors (Lipinski definition) is 1. The molecule has 0 radical (unpaired) electrons. The van der Waals surface area contributed by atoms with Gasteiger partial charge in [-0.05, 0) is 53.7 Å². The van der Waals surface area contributed by atoms with Crippen LogP contribution in [0.5, 0.6) is 0 Å². The number of nitrogens with zero attached hydrogens (tertiary/aromatic N) is 6. The first-order valence-corrected chi connectivity index (χ1v) is 13.3. The van der Waals surface area contributed by atoms with Crippen LogP contribution in [0.25, 0.3) is 26.8 Å². The summed E-state index contributed by atoms with van der Waals surface area (Å²) in [5, 5.41) is 11.1. The Morgan fingerprint density at radius 3 is 2.77 bits per heavy atom. The quantitative estimate of drug-likeness (QED) is 0.311. The Balaban J connectivity index is 1.21. The van der Waals surface area contributed by atoms with E-state index >= 15 is 0 Å². The maximum Gasteiger partial charge on any atom is 0.419 e. The van der Waals surface area contributed by atoms with E-state index in [0.717, 1.165) is 23.1 Å². The number of alkyl halides is 3. The number of aromatic nitrogens is 4. The van der Waals surface area contributed by atoms with Crippen LogP contribution in [0.15, 0.2) is 60.4 Å². The van der Waals surface area contributed by atoms with Crippen molar-refractivity contribution in [1.29, 1.82) is 0 Å². The molecular formula is C27H23F4N7OS. The second-order valence-electron chi connectivity index (χ2n) is 9.62. The first kappa shape index (κ1) is 26.1. The maximum atomic E-state index is 14.2. The molecule has 2 aromatic carbocycles. The average Bonchev–Trinajstić information content (AvgIpc) is 3.58. The number of fused-ring (bicyclic) bond motifs is 2. The third-order valence-corrected chi connectivity index (χ3v) is 7.95. The largest absolute Gasteiger partial charge is 0.419 e. The number of thiophene rings is 1. The number of hydrogen-bond acceptors (Lipinski definition) is 7. The minimum Gasteiger partial charge on any atom is -0.353 e. The number of rotatable bonds is 5. The molecular weight excluding hydrogens is 546 g/mol. The van der Waals surface area contributed by atoms with Crippen molar-refractivity contribution < 1.29 is 22.4 Å². The number of benzene rings is 2. The molecule has 0 spiro atoms. The van der Waals surface area contributed by atoms with E-state index in [4.69, 9.17) is 0 Å². The molecule has 1 aliphatic rings. The normalized spacial score (nSPS) is 16.6. The van der Waals surface area contributed by atoms with Crippen molar-refractivity contribution in [3.05, 3.63) is 77.3 Å². The molecule has 1 amide bonds. The summed E-state index contributed by atoms with van der Waals surface area (Å²) in [5.74, 6) is -0.963. The van der Waals surface area contributed by atoms with E-state index in [1.165, 1.54) is 15.7 Å². The van der Waals surface area contributed by atoms with Gasteiger partial charge in [-0.2, -0.15) is 13.2 Å². The van der Waals surface area contributed by atoms with Crippen molar-refractivity contribution in [1.82, 2.24) is 30.0 Å². The first-order valence-electron chi connectivity index (χ1n) is 12.4. The third-order valence-electron chi connectivity index (χ3n) is 7.05. The molecule has 1 aliphatic heterocycles. The Bertz CT molecular complexity index is 1720. The number of likely N-dealkylation sites (N-methyl/N-ethyl adjacent to an activating group) is 1. The van der Waals surface area contributed by atoms with E-state index in [1.54, 1.807) is 17.5 Å². The molecule has 1 saturated heterocycles. The van der Waals surface area contributed by atoms with Crippen LogP contribution in [-0.2, 0) is 17.5 Å². The van der Waals surface area contributed by atoms with Gasteiger partial charge in [0, 0.05) is 43.1 Å². The summed E-state index contributed by atoms with van der Waals surface area (Å²) in [7, 11) is 1.89. The van der Waals surface area contributed by atoms with Crippen molar-refractivity contribution in [2.45, 2.75) is 18.8 Å². The molecule has 4 heterocycles. The van der Waals surface area contributed by atoms with E-state index in [1.807, 2.05) is 28.3 Å². The molecule has 206 valence electrons. The molecule has 5 aromatic rings. The minimum absolute atomic E-state index is 0.112. The van der Waals surface area contributed by atoms with E-state index in [9.17, 15) is 22.4 Å². The Labute approximate surface area is 229 Å². The molecule has 3 aromatic heterocycles. The summed E-state index contributed by atoms with van der Waals surface area (Å²) in [4.78, 5) is 25.8. The van der Waals surface area contributed by atoms with E-state index in [2.05, 4.69) is 38.6 Å². The van der Waals surface area contributed by atoms with Crippen molar-refractivity contribution in [3.63, 3.8) is 0 Å². The summed E-state index contributed by atoms with van der Waals surface area (Å²) in [5.41, 5.74) is 0.0844. The van der Waals surface area contributed by atoms with Crippen molar-refractivity contribution in [3.8, 4) is 5.69 Å². The van der Waals surface area contributed by atoms with Crippen molar-refractivity contribution >= 4 is 44.2 Å². The van der Waals surface area contributed by atoms with Gasteiger partial charge in [0.25, 0.3) is 0 Å².